The fraction of sp³-hybridized carbons (Fsp3) is 0.889. The Morgan fingerprint density at radius 2 is 2.27 bits per heavy atom. The van der Waals surface area contributed by atoms with Crippen molar-refractivity contribution in [3.8, 4) is 0 Å². The van der Waals surface area contributed by atoms with Gasteiger partial charge >= 0.3 is 5.97 Å². The van der Waals surface area contributed by atoms with Crippen molar-refractivity contribution in [3.05, 3.63) is 10.4 Å². The van der Waals surface area contributed by atoms with Gasteiger partial charge in [-0.3, -0.25) is 4.79 Å². The van der Waals surface area contributed by atoms with Crippen molar-refractivity contribution < 1.29 is 9.90 Å². The molecular weight excluding hydrogens is 196 g/mol. The zero-order valence-corrected chi connectivity index (χ0v) is 9.40. The lowest BCUT2D eigenvalue weighted by molar-refractivity contribution is -0.144. The number of carbonyl (C=O) groups is 1. The molecule has 0 rings (SSSR count). The van der Waals surface area contributed by atoms with E-state index in [4.69, 9.17) is 10.6 Å². The molecule has 0 saturated carbocycles. The number of rotatable bonds is 7. The van der Waals surface area contributed by atoms with Crippen LogP contribution >= 0.6 is 0 Å². The molecule has 86 valence electrons. The molecule has 0 fully saturated rings. The summed E-state index contributed by atoms with van der Waals surface area (Å²) in [7, 11) is 0. The largest absolute Gasteiger partial charge is 0.480 e. The van der Waals surface area contributed by atoms with E-state index in [2.05, 4.69) is 15.3 Å². The molecule has 6 nitrogen and oxygen atoms in total. The number of aliphatic carboxylic acids is 1. The van der Waals surface area contributed by atoms with Gasteiger partial charge in [-0.15, -0.1) is 0 Å². The van der Waals surface area contributed by atoms with Gasteiger partial charge in [0.2, 0.25) is 0 Å². The third kappa shape index (κ3) is 5.24. The van der Waals surface area contributed by atoms with Gasteiger partial charge in [0, 0.05) is 18.0 Å². The normalized spacial score (nSPS) is 14.4. The molecule has 15 heavy (non-hydrogen) atoms. The summed E-state index contributed by atoms with van der Waals surface area (Å²) in [6.45, 7) is 6.22. The summed E-state index contributed by atoms with van der Waals surface area (Å²) >= 11 is 0. The van der Waals surface area contributed by atoms with Crippen molar-refractivity contribution in [2.75, 3.05) is 13.1 Å². The van der Waals surface area contributed by atoms with Crippen LogP contribution in [0.15, 0.2) is 5.11 Å². The minimum absolute atomic E-state index is 0.261. The van der Waals surface area contributed by atoms with Gasteiger partial charge in [0.1, 0.15) is 5.54 Å². The molecule has 6 heteroatoms. The lowest BCUT2D eigenvalue weighted by Gasteiger charge is -2.27. The van der Waals surface area contributed by atoms with Gasteiger partial charge in [-0.25, -0.2) is 0 Å². The van der Waals surface area contributed by atoms with Crippen LogP contribution < -0.4 is 5.32 Å². The average molecular weight is 214 g/mol. The molecule has 0 radical (unpaired) electrons. The molecule has 0 bridgehead atoms. The number of nitrogens with zero attached hydrogens (tertiary/aromatic N) is 3. The van der Waals surface area contributed by atoms with E-state index in [1.165, 1.54) is 0 Å². The van der Waals surface area contributed by atoms with Crippen molar-refractivity contribution in [1.82, 2.24) is 5.32 Å². The average Bonchev–Trinajstić information content (AvgIpc) is 2.11. The summed E-state index contributed by atoms with van der Waals surface area (Å²) in [6.07, 6.45) is 0.540. The Morgan fingerprint density at radius 1 is 1.67 bits per heavy atom. The van der Waals surface area contributed by atoms with E-state index in [0.717, 1.165) is 0 Å². The monoisotopic (exact) mass is 214 g/mol. The Hall–Kier alpha value is -1.26. The van der Waals surface area contributed by atoms with Gasteiger partial charge in [-0.2, -0.15) is 0 Å². The fourth-order valence-electron chi connectivity index (χ4n) is 1.48. The van der Waals surface area contributed by atoms with E-state index in [1.807, 2.05) is 13.8 Å². The number of azide groups is 1. The van der Waals surface area contributed by atoms with Gasteiger partial charge in [-0.1, -0.05) is 19.0 Å². The maximum atomic E-state index is 11.1. The van der Waals surface area contributed by atoms with Crippen molar-refractivity contribution in [1.29, 1.82) is 0 Å². The lowest BCUT2D eigenvalue weighted by atomic mass is 9.91. The lowest BCUT2D eigenvalue weighted by Crippen LogP contribution is -2.51. The molecular formula is C9H18N4O2. The van der Waals surface area contributed by atoms with Crippen molar-refractivity contribution in [3.63, 3.8) is 0 Å². The molecule has 0 aromatic heterocycles. The fourth-order valence-corrected chi connectivity index (χ4v) is 1.48. The molecule has 0 aromatic rings. The van der Waals surface area contributed by atoms with E-state index in [1.54, 1.807) is 6.92 Å². The van der Waals surface area contributed by atoms with Gasteiger partial charge in [-0.05, 0) is 24.8 Å². The molecule has 0 aromatic carbocycles. The second kappa shape index (κ2) is 6.27. The summed E-state index contributed by atoms with van der Waals surface area (Å²) in [5, 5.41) is 15.3. The molecule has 1 atom stereocenters. The number of carboxylic acid groups (broad SMARTS) is 1. The van der Waals surface area contributed by atoms with Gasteiger partial charge in [0.15, 0.2) is 0 Å². The van der Waals surface area contributed by atoms with Crippen LogP contribution in [0.1, 0.15) is 27.2 Å². The summed E-state index contributed by atoms with van der Waals surface area (Å²) in [4.78, 5) is 13.7. The number of nitrogens with one attached hydrogen (secondary N) is 1. The third-order valence-electron chi connectivity index (χ3n) is 2.08. The maximum absolute atomic E-state index is 11.1. The molecule has 1 unspecified atom stereocenters. The number of carboxylic acids is 1. The van der Waals surface area contributed by atoms with Crippen LogP contribution in [0.25, 0.3) is 10.4 Å². The molecule has 2 N–H and O–H groups in total. The van der Waals surface area contributed by atoms with Crippen LogP contribution in [0, 0.1) is 5.92 Å². The number of hydrogen-bond donors (Lipinski definition) is 2. The van der Waals surface area contributed by atoms with Crippen LogP contribution in [0.2, 0.25) is 0 Å². The Bertz CT molecular complexity index is 261. The van der Waals surface area contributed by atoms with E-state index in [-0.39, 0.29) is 12.5 Å². The zero-order chi connectivity index (χ0) is 11.9. The molecule has 0 aliphatic rings. The molecule has 0 saturated heterocycles. The van der Waals surface area contributed by atoms with E-state index >= 15 is 0 Å². The molecule has 0 heterocycles. The van der Waals surface area contributed by atoms with Crippen molar-refractivity contribution >= 4 is 5.97 Å². The smallest absolute Gasteiger partial charge is 0.323 e. The highest BCUT2D eigenvalue weighted by Gasteiger charge is 2.32. The Morgan fingerprint density at radius 3 is 2.67 bits per heavy atom. The van der Waals surface area contributed by atoms with Gasteiger partial charge < -0.3 is 10.4 Å². The van der Waals surface area contributed by atoms with E-state index < -0.39 is 11.5 Å². The van der Waals surface area contributed by atoms with Gasteiger partial charge in [0.25, 0.3) is 0 Å². The highest BCUT2D eigenvalue weighted by atomic mass is 16.4. The predicted molar refractivity (Wildman–Crippen MR) is 57.5 cm³/mol. The van der Waals surface area contributed by atoms with Crippen molar-refractivity contribution in [2.24, 2.45) is 11.0 Å². The minimum atomic E-state index is -0.945. The second-order valence-electron chi connectivity index (χ2n) is 4.12. The second-order valence-corrected chi connectivity index (χ2v) is 4.12. The van der Waals surface area contributed by atoms with Crippen LogP contribution in [-0.4, -0.2) is 29.7 Å². The molecule has 0 aliphatic heterocycles. The van der Waals surface area contributed by atoms with Crippen LogP contribution in [0.5, 0.6) is 0 Å². The third-order valence-corrected chi connectivity index (χ3v) is 2.08. The molecule has 0 spiro atoms. The van der Waals surface area contributed by atoms with Crippen LogP contribution in [0.4, 0.5) is 0 Å². The quantitative estimate of drug-likeness (QED) is 0.292. The zero-order valence-electron chi connectivity index (χ0n) is 9.40. The topological polar surface area (TPSA) is 98.1 Å². The highest BCUT2D eigenvalue weighted by Crippen LogP contribution is 2.16. The minimum Gasteiger partial charge on any atom is -0.480 e. The Kier molecular flexibility index (Phi) is 5.74. The first-order valence-corrected chi connectivity index (χ1v) is 4.91. The SMILES string of the molecule is CC(C)CC(C)(NCCN=[N+]=[N-])C(=O)O. The predicted octanol–water partition coefficient (Wildman–Crippen LogP) is 1.78. The van der Waals surface area contributed by atoms with Crippen molar-refractivity contribution in [2.45, 2.75) is 32.7 Å². The summed E-state index contributed by atoms with van der Waals surface area (Å²) < 4.78 is 0. The Labute approximate surface area is 89.3 Å². The maximum Gasteiger partial charge on any atom is 0.323 e. The van der Waals surface area contributed by atoms with Crippen LogP contribution in [-0.2, 0) is 4.79 Å². The summed E-state index contributed by atoms with van der Waals surface area (Å²) in [5.74, 6) is -0.588. The first-order valence-electron chi connectivity index (χ1n) is 4.91. The summed E-state index contributed by atoms with van der Waals surface area (Å²) in [6, 6.07) is 0. The summed E-state index contributed by atoms with van der Waals surface area (Å²) in [5.41, 5.74) is 7.12. The van der Waals surface area contributed by atoms with Crippen LogP contribution in [0.3, 0.4) is 0 Å². The number of hydrogen-bond acceptors (Lipinski definition) is 3. The first-order chi connectivity index (χ1) is 6.92. The first kappa shape index (κ1) is 13.7. The standard InChI is InChI=1S/C9H18N4O2/c1-7(2)6-9(3,8(14)15)11-4-5-12-13-10/h7,11H,4-6H2,1-3H3,(H,14,15). The van der Waals surface area contributed by atoms with E-state index in [0.29, 0.717) is 13.0 Å². The molecule has 0 aliphatic carbocycles. The van der Waals surface area contributed by atoms with E-state index in [9.17, 15) is 4.79 Å². The molecule has 0 amide bonds. The highest BCUT2D eigenvalue weighted by molar-refractivity contribution is 5.78. The Balaban J connectivity index is 4.25. The van der Waals surface area contributed by atoms with Gasteiger partial charge in [0.05, 0.1) is 0 Å².